The van der Waals surface area contributed by atoms with Gasteiger partial charge in [-0.1, -0.05) is 30.3 Å². The minimum atomic E-state index is -0.198. The van der Waals surface area contributed by atoms with Crippen molar-refractivity contribution in [2.45, 2.75) is 13.5 Å². The van der Waals surface area contributed by atoms with Crippen molar-refractivity contribution < 1.29 is 9.21 Å². The maximum absolute atomic E-state index is 13.1. The van der Waals surface area contributed by atoms with Crippen molar-refractivity contribution >= 4 is 16.9 Å². The van der Waals surface area contributed by atoms with Gasteiger partial charge in [0, 0.05) is 19.2 Å². The lowest BCUT2D eigenvalue weighted by Crippen LogP contribution is -2.29. The summed E-state index contributed by atoms with van der Waals surface area (Å²) in [5.41, 5.74) is 3.88. The highest BCUT2D eigenvalue weighted by Crippen LogP contribution is 2.22. The van der Waals surface area contributed by atoms with Crippen molar-refractivity contribution in [3.8, 4) is 17.1 Å². The van der Waals surface area contributed by atoms with E-state index >= 15 is 0 Å². The van der Waals surface area contributed by atoms with E-state index in [1.807, 2.05) is 67.6 Å². The maximum Gasteiger partial charge on any atom is 0.270 e. The number of rotatable bonds is 6. The first-order valence-electron chi connectivity index (χ1n) is 10.1. The van der Waals surface area contributed by atoms with E-state index in [4.69, 9.17) is 4.42 Å². The third-order valence-corrected chi connectivity index (χ3v) is 5.18. The number of para-hydroxylation sites is 3. The third kappa shape index (κ3) is 3.61. The average Bonchev–Trinajstić information content (AvgIpc) is 3.53. The molecular formula is C24H21N5O2. The maximum atomic E-state index is 13.1. The molecule has 31 heavy (non-hydrogen) atoms. The zero-order valence-electron chi connectivity index (χ0n) is 17.0. The van der Waals surface area contributed by atoms with Crippen LogP contribution in [0.15, 0.2) is 83.5 Å². The quantitative estimate of drug-likeness (QED) is 0.454. The van der Waals surface area contributed by atoms with Gasteiger partial charge in [-0.3, -0.25) is 4.79 Å². The van der Waals surface area contributed by atoms with Gasteiger partial charge in [0.2, 0.25) is 0 Å². The normalized spacial score (nSPS) is 11.1. The van der Waals surface area contributed by atoms with Crippen LogP contribution in [0.5, 0.6) is 0 Å². The van der Waals surface area contributed by atoms with Crippen molar-refractivity contribution in [1.82, 2.24) is 24.6 Å². The summed E-state index contributed by atoms with van der Waals surface area (Å²) < 4.78 is 9.22. The topological polar surface area (TPSA) is 77.9 Å². The number of hydrogen-bond donors (Lipinski definition) is 1. The molecule has 0 spiro atoms. The minimum Gasteiger partial charge on any atom is -0.463 e. The Morgan fingerprint density at radius 2 is 1.84 bits per heavy atom. The highest BCUT2D eigenvalue weighted by atomic mass is 16.3. The van der Waals surface area contributed by atoms with E-state index in [1.165, 1.54) is 0 Å². The molecule has 0 atom stereocenters. The zero-order valence-corrected chi connectivity index (χ0v) is 17.0. The predicted molar refractivity (Wildman–Crippen MR) is 118 cm³/mol. The Bertz CT molecular complexity index is 1330. The molecule has 0 saturated heterocycles. The van der Waals surface area contributed by atoms with Gasteiger partial charge < -0.3 is 14.3 Å². The molecule has 3 aromatic heterocycles. The Morgan fingerprint density at radius 3 is 2.65 bits per heavy atom. The van der Waals surface area contributed by atoms with Crippen LogP contribution in [-0.4, -0.2) is 31.8 Å². The number of carbonyl (C=O) groups excluding carboxylic acids is 1. The molecule has 1 amide bonds. The molecule has 0 saturated carbocycles. The molecule has 0 fully saturated rings. The summed E-state index contributed by atoms with van der Waals surface area (Å²) in [5, 5.41) is 7.62. The molecule has 0 unspecified atom stereocenters. The fourth-order valence-corrected chi connectivity index (χ4v) is 3.70. The molecule has 1 N–H and O–H groups in total. The summed E-state index contributed by atoms with van der Waals surface area (Å²) in [6, 6.07) is 23.0. The van der Waals surface area contributed by atoms with Gasteiger partial charge in [0.1, 0.15) is 17.2 Å². The molecule has 154 valence electrons. The molecule has 7 heteroatoms. The lowest BCUT2D eigenvalue weighted by Gasteiger charge is -2.10. The van der Waals surface area contributed by atoms with Crippen molar-refractivity contribution in [2.75, 3.05) is 6.54 Å². The van der Waals surface area contributed by atoms with Crippen molar-refractivity contribution in [3.05, 3.63) is 90.6 Å². The predicted octanol–water partition coefficient (Wildman–Crippen LogP) is 4.22. The lowest BCUT2D eigenvalue weighted by atomic mass is 10.2. The molecule has 0 bridgehead atoms. The van der Waals surface area contributed by atoms with Crippen molar-refractivity contribution in [1.29, 1.82) is 0 Å². The first kappa shape index (κ1) is 18.9. The second-order valence-electron chi connectivity index (χ2n) is 7.19. The van der Waals surface area contributed by atoms with Crippen LogP contribution in [0.2, 0.25) is 0 Å². The number of carbonyl (C=O) groups is 1. The zero-order chi connectivity index (χ0) is 21.2. The average molecular weight is 411 g/mol. The van der Waals surface area contributed by atoms with Gasteiger partial charge in [0.25, 0.3) is 5.91 Å². The van der Waals surface area contributed by atoms with Gasteiger partial charge >= 0.3 is 0 Å². The molecule has 7 nitrogen and oxygen atoms in total. The lowest BCUT2D eigenvalue weighted by molar-refractivity contribution is 0.0944. The van der Waals surface area contributed by atoms with E-state index in [9.17, 15) is 4.79 Å². The van der Waals surface area contributed by atoms with E-state index < -0.39 is 0 Å². The summed E-state index contributed by atoms with van der Waals surface area (Å²) >= 11 is 0. The Hall–Kier alpha value is -4.13. The largest absolute Gasteiger partial charge is 0.463 e. The summed E-state index contributed by atoms with van der Waals surface area (Å²) in [5.74, 6) is 1.34. The molecule has 2 aromatic carbocycles. The molecule has 5 rings (SSSR count). The first-order valence-corrected chi connectivity index (χ1v) is 10.1. The summed E-state index contributed by atoms with van der Waals surface area (Å²) in [6.07, 6.45) is 1.59. The molecule has 0 aliphatic heterocycles. The number of benzene rings is 2. The van der Waals surface area contributed by atoms with Crippen LogP contribution in [0.1, 0.15) is 16.3 Å². The number of nitrogens with one attached hydrogen (secondary N) is 1. The summed E-state index contributed by atoms with van der Waals surface area (Å²) in [7, 11) is 0. The first-order chi connectivity index (χ1) is 15.2. The molecular weight excluding hydrogens is 390 g/mol. The van der Waals surface area contributed by atoms with Gasteiger partial charge in [-0.15, -0.1) is 0 Å². The van der Waals surface area contributed by atoms with Crippen LogP contribution < -0.4 is 5.32 Å². The number of hydrogen-bond acceptors (Lipinski definition) is 4. The highest BCUT2D eigenvalue weighted by molar-refractivity contribution is 5.94. The van der Waals surface area contributed by atoms with E-state index in [1.54, 1.807) is 23.1 Å². The van der Waals surface area contributed by atoms with E-state index in [2.05, 4.69) is 20.0 Å². The molecule has 3 heterocycles. The van der Waals surface area contributed by atoms with Crippen molar-refractivity contribution in [2.24, 2.45) is 0 Å². The fraction of sp³-hybridized carbons (Fsp3) is 0.125. The van der Waals surface area contributed by atoms with Gasteiger partial charge in [0.15, 0.2) is 5.76 Å². The van der Waals surface area contributed by atoms with E-state index in [0.717, 1.165) is 22.5 Å². The number of amides is 1. The number of fused-ring (bicyclic) bond motifs is 1. The van der Waals surface area contributed by atoms with Crippen LogP contribution in [0.25, 0.3) is 28.2 Å². The SMILES string of the molecule is Cc1nc2ccccc2n1CCNC(=O)c1cc(-c2ccco2)nn1-c1ccccc1. The van der Waals surface area contributed by atoms with Crippen LogP contribution >= 0.6 is 0 Å². The Labute approximate surface area is 178 Å². The Morgan fingerprint density at radius 1 is 1.03 bits per heavy atom. The van der Waals surface area contributed by atoms with Gasteiger partial charge in [-0.25, -0.2) is 9.67 Å². The summed E-state index contributed by atoms with van der Waals surface area (Å²) in [4.78, 5) is 17.7. The third-order valence-electron chi connectivity index (χ3n) is 5.18. The van der Waals surface area contributed by atoms with Crippen LogP contribution in [0.3, 0.4) is 0 Å². The molecule has 0 radical (unpaired) electrons. The molecule has 0 aliphatic rings. The molecule has 5 aromatic rings. The smallest absolute Gasteiger partial charge is 0.270 e. The van der Waals surface area contributed by atoms with Gasteiger partial charge in [0.05, 0.1) is 23.0 Å². The minimum absolute atomic E-state index is 0.198. The van der Waals surface area contributed by atoms with Crippen molar-refractivity contribution in [3.63, 3.8) is 0 Å². The Balaban J connectivity index is 1.39. The number of furan rings is 1. The number of imidazole rings is 1. The second-order valence-corrected chi connectivity index (χ2v) is 7.19. The highest BCUT2D eigenvalue weighted by Gasteiger charge is 2.18. The van der Waals surface area contributed by atoms with E-state index in [0.29, 0.717) is 30.2 Å². The number of aromatic nitrogens is 4. The number of nitrogens with zero attached hydrogens (tertiary/aromatic N) is 4. The van der Waals surface area contributed by atoms with Gasteiger partial charge in [-0.05, 0) is 43.3 Å². The number of aryl methyl sites for hydroxylation is 1. The van der Waals surface area contributed by atoms with Crippen LogP contribution in [-0.2, 0) is 6.54 Å². The second kappa shape index (κ2) is 7.95. The van der Waals surface area contributed by atoms with Crippen LogP contribution in [0.4, 0.5) is 0 Å². The summed E-state index contributed by atoms with van der Waals surface area (Å²) in [6.45, 7) is 3.07. The Kier molecular flexibility index (Phi) is 4.84. The monoisotopic (exact) mass is 411 g/mol. The standard InChI is InChI=1S/C24H21N5O2/c1-17-26-19-10-5-6-11-21(19)28(17)14-13-25-24(30)22-16-20(23-12-7-15-31-23)27-29(22)18-8-3-2-4-9-18/h2-12,15-16H,13-14H2,1H3,(H,25,30). The van der Waals surface area contributed by atoms with Gasteiger partial charge in [-0.2, -0.15) is 5.10 Å². The molecule has 0 aliphatic carbocycles. The fourth-order valence-electron chi connectivity index (χ4n) is 3.70. The van der Waals surface area contributed by atoms with Crippen LogP contribution in [0, 0.1) is 6.92 Å². The van der Waals surface area contributed by atoms with E-state index in [-0.39, 0.29) is 5.91 Å².